The monoisotopic (exact) mass is 337 g/mol. The van der Waals surface area contributed by atoms with Crippen LogP contribution in [0.5, 0.6) is 0 Å². The molecule has 1 unspecified atom stereocenters. The van der Waals surface area contributed by atoms with Crippen molar-refractivity contribution in [3.63, 3.8) is 0 Å². The van der Waals surface area contributed by atoms with Gasteiger partial charge in [0.05, 0.1) is 12.1 Å². The van der Waals surface area contributed by atoms with E-state index < -0.39 is 6.04 Å². The van der Waals surface area contributed by atoms with Crippen LogP contribution in [0.4, 0.5) is 17.1 Å². The number of hydrogen-bond donors (Lipinski definition) is 1. The summed E-state index contributed by atoms with van der Waals surface area (Å²) >= 11 is 0. The Hall–Kier alpha value is -2.82. The third kappa shape index (κ3) is 3.36. The molecule has 1 aliphatic rings. The third-order valence-corrected chi connectivity index (χ3v) is 4.46. The molecule has 0 saturated carbocycles. The molecule has 0 aromatic heterocycles. The van der Waals surface area contributed by atoms with Crippen LogP contribution < -0.4 is 15.1 Å². The Kier molecular flexibility index (Phi) is 4.49. The first-order chi connectivity index (χ1) is 11.9. The summed E-state index contributed by atoms with van der Waals surface area (Å²) in [7, 11) is 3.95. The molecule has 1 saturated heterocycles. The fourth-order valence-electron chi connectivity index (χ4n) is 3.11. The van der Waals surface area contributed by atoms with Crippen molar-refractivity contribution < 1.29 is 9.59 Å². The number of nitrogens with zero attached hydrogens (tertiary/aromatic N) is 2. The molecule has 0 bridgehead atoms. The van der Waals surface area contributed by atoms with Crippen LogP contribution in [0.1, 0.15) is 17.5 Å². The standard InChI is InChI=1S/C20H23N3O2/c1-13-5-10-18(14(2)11-13)23-19(24)12-17(20(23)25)21-15-6-8-16(9-7-15)22(3)4/h5-11,17,21H,12H2,1-4H3. The highest BCUT2D eigenvalue weighted by Crippen LogP contribution is 2.28. The van der Waals surface area contributed by atoms with Crippen LogP contribution in [0, 0.1) is 13.8 Å². The van der Waals surface area contributed by atoms with Crippen LogP contribution >= 0.6 is 0 Å². The number of carbonyl (C=O) groups is 2. The number of imide groups is 1. The molecule has 5 heteroatoms. The molecule has 0 spiro atoms. The smallest absolute Gasteiger partial charge is 0.256 e. The second-order valence-electron chi connectivity index (χ2n) is 6.70. The number of anilines is 3. The van der Waals surface area contributed by atoms with E-state index >= 15 is 0 Å². The summed E-state index contributed by atoms with van der Waals surface area (Å²) in [6.07, 6.45) is 0.168. The zero-order chi connectivity index (χ0) is 18.1. The van der Waals surface area contributed by atoms with E-state index in [0.29, 0.717) is 5.69 Å². The SMILES string of the molecule is Cc1ccc(N2C(=O)CC(Nc3ccc(N(C)C)cc3)C2=O)c(C)c1. The lowest BCUT2D eigenvalue weighted by atomic mass is 10.1. The summed E-state index contributed by atoms with van der Waals surface area (Å²) in [6.45, 7) is 3.91. The molecule has 25 heavy (non-hydrogen) atoms. The topological polar surface area (TPSA) is 52.7 Å². The third-order valence-electron chi connectivity index (χ3n) is 4.46. The van der Waals surface area contributed by atoms with E-state index in [2.05, 4.69) is 5.32 Å². The molecule has 2 amide bonds. The van der Waals surface area contributed by atoms with Crippen molar-refractivity contribution in [1.29, 1.82) is 0 Å². The lowest BCUT2D eigenvalue weighted by Crippen LogP contribution is -2.35. The van der Waals surface area contributed by atoms with Crippen molar-refractivity contribution in [2.24, 2.45) is 0 Å². The van der Waals surface area contributed by atoms with Gasteiger partial charge in [-0.05, 0) is 49.7 Å². The Morgan fingerprint density at radius 1 is 1.04 bits per heavy atom. The molecular weight excluding hydrogens is 314 g/mol. The molecule has 130 valence electrons. The predicted molar refractivity (Wildman–Crippen MR) is 101 cm³/mol. The highest BCUT2D eigenvalue weighted by Gasteiger charge is 2.40. The van der Waals surface area contributed by atoms with Gasteiger partial charge in [-0.15, -0.1) is 0 Å². The molecule has 0 aliphatic carbocycles. The Labute approximate surface area is 148 Å². The first-order valence-corrected chi connectivity index (χ1v) is 8.35. The zero-order valence-electron chi connectivity index (χ0n) is 15.0. The minimum Gasteiger partial charge on any atom is -0.378 e. The minimum atomic E-state index is -0.529. The molecule has 1 aliphatic heterocycles. The normalized spacial score (nSPS) is 17.1. The predicted octanol–water partition coefficient (Wildman–Crippen LogP) is 3.11. The number of benzene rings is 2. The maximum Gasteiger partial charge on any atom is 0.256 e. The molecule has 2 aromatic carbocycles. The summed E-state index contributed by atoms with van der Waals surface area (Å²) in [4.78, 5) is 28.5. The fourth-order valence-corrected chi connectivity index (χ4v) is 3.11. The summed E-state index contributed by atoms with van der Waals surface area (Å²) in [5.74, 6) is -0.368. The quantitative estimate of drug-likeness (QED) is 0.871. The van der Waals surface area contributed by atoms with Gasteiger partial charge in [-0.3, -0.25) is 9.59 Å². The number of nitrogens with one attached hydrogen (secondary N) is 1. The largest absolute Gasteiger partial charge is 0.378 e. The highest BCUT2D eigenvalue weighted by molar-refractivity contribution is 6.23. The van der Waals surface area contributed by atoms with E-state index in [1.165, 1.54) is 4.90 Å². The first-order valence-electron chi connectivity index (χ1n) is 8.35. The van der Waals surface area contributed by atoms with Gasteiger partial charge >= 0.3 is 0 Å². The molecule has 2 aromatic rings. The average Bonchev–Trinajstić information content (AvgIpc) is 2.82. The van der Waals surface area contributed by atoms with Gasteiger partial charge in [0.15, 0.2) is 0 Å². The van der Waals surface area contributed by atoms with Crippen molar-refractivity contribution in [2.45, 2.75) is 26.3 Å². The Bertz CT molecular complexity index is 812. The zero-order valence-corrected chi connectivity index (χ0v) is 15.0. The van der Waals surface area contributed by atoms with Gasteiger partial charge in [-0.1, -0.05) is 17.7 Å². The number of rotatable bonds is 4. The number of carbonyl (C=O) groups excluding carboxylic acids is 2. The molecular formula is C20H23N3O2. The van der Waals surface area contributed by atoms with E-state index in [0.717, 1.165) is 22.5 Å². The van der Waals surface area contributed by atoms with Gasteiger partial charge in [0, 0.05) is 25.5 Å². The van der Waals surface area contributed by atoms with Crippen molar-refractivity contribution in [3.05, 3.63) is 53.6 Å². The van der Waals surface area contributed by atoms with Crippen molar-refractivity contribution in [3.8, 4) is 0 Å². The van der Waals surface area contributed by atoms with Gasteiger partial charge in [0.2, 0.25) is 5.91 Å². The number of amides is 2. The van der Waals surface area contributed by atoms with Crippen LogP contribution in [0.25, 0.3) is 0 Å². The van der Waals surface area contributed by atoms with E-state index in [1.54, 1.807) is 0 Å². The Morgan fingerprint density at radius 2 is 1.72 bits per heavy atom. The average molecular weight is 337 g/mol. The minimum absolute atomic E-state index is 0.167. The summed E-state index contributed by atoms with van der Waals surface area (Å²) in [5.41, 5.74) is 4.62. The first kappa shape index (κ1) is 17.0. The van der Waals surface area contributed by atoms with Crippen LogP contribution in [0.3, 0.4) is 0 Å². The van der Waals surface area contributed by atoms with Crippen molar-refractivity contribution >= 4 is 28.9 Å². The fraction of sp³-hybridized carbons (Fsp3) is 0.300. The molecule has 0 radical (unpaired) electrons. The van der Waals surface area contributed by atoms with Gasteiger partial charge in [-0.2, -0.15) is 0 Å². The van der Waals surface area contributed by atoms with Gasteiger partial charge in [-0.25, -0.2) is 4.90 Å². The molecule has 1 atom stereocenters. The van der Waals surface area contributed by atoms with Gasteiger partial charge in [0.1, 0.15) is 6.04 Å². The Morgan fingerprint density at radius 3 is 2.32 bits per heavy atom. The van der Waals surface area contributed by atoms with Crippen LogP contribution in [0.2, 0.25) is 0 Å². The highest BCUT2D eigenvalue weighted by atomic mass is 16.2. The summed E-state index contributed by atoms with van der Waals surface area (Å²) in [5, 5.41) is 3.19. The lowest BCUT2D eigenvalue weighted by Gasteiger charge is -2.19. The molecule has 3 rings (SSSR count). The summed E-state index contributed by atoms with van der Waals surface area (Å²) in [6, 6.07) is 13.0. The van der Waals surface area contributed by atoms with Crippen LogP contribution in [-0.2, 0) is 9.59 Å². The van der Waals surface area contributed by atoms with Crippen molar-refractivity contribution in [1.82, 2.24) is 0 Å². The molecule has 1 heterocycles. The maximum atomic E-state index is 12.8. The molecule has 5 nitrogen and oxygen atoms in total. The number of hydrogen-bond acceptors (Lipinski definition) is 4. The van der Waals surface area contributed by atoms with E-state index in [4.69, 9.17) is 0 Å². The maximum absolute atomic E-state index is 12.8. The van der Waals surface area contributed by atoms with Crippen LogP contribution in [0.15, 0.2) is 42.5 Å². The lowest BCUT2D eigenvalue weighted by molar-refractivity contribution is -0.121. The van der Waals surface area contributed by atoms with E-state index in [1.807, 2.05) is 75.3 Å². The second kappa shape index (κ2) is 6.59. The van der Waals surface area contributed by atoms with Gasteiger partial charge in [0.25, 0.3) is 5.91 Å². The van der Waals surface area contributed by atoms with E-state index in [9.17, 15) is 9.59 Å². The second-order valence-corrected chi connectivity index (χ2v) is 6.70. The van der Waals surface area contributed by atoms with Crippen molar-refractivity contribution in [2.75, 3.05) is 29.2 Å². The summed E-state index contributed by atoms with van der Waals surface area (Å²) < 4.78 is 0. The molecule has 1 N–H and O–H groups in total. The number of aryl methyl sites for hydroxylation is 2. The molecule has 1 fully saturated rings. The Balaban J connectivity index is 1.79. The van der Waals surface area contributed by atoms with Crippen LogP contribution in [-0.4, -0.2) is 32.0 Å². The van der Waals surface area contributed by atoms with E-state index in [-0.39, 0.29) is 18.2 Å². The van der Waals surface area contributed by atoms with Gasteiger partial charge < -0.3 is 10.2 Å².